The van der Waals surface area contributed by atoms with Crippen LogP contribution < -0.4 is 24.3 Å². The van der Waals surface area contributed by atoms with Crippen molar-refractivity contribution in [3.8, 4) is 23.0 Å². The van der Waals surface area contributed by atoms with Gasteiger partial charge in [-0.25, -0.2) is 0 Å². The van der Waals surface area contributed by atoms with E-state index in [-0.39, 0.29) is 5.91 Å². The molecule has 0 aliphatic rings. The summed E-state index contributed by atoms with van der Waals surface area (Å²) < 4.78 is 21.1. The number of para-hydroxylation sites is 2. The zero-order chi connectivity index (χ0) is 17.4. The van der Waals surface area contributed by atoms with Crippen molar-refractivity contribution in [3.05, 3.63) is 48.0 Å². The Labute approximate surface area is 141 Å². The van der Waals surface area contributed by atoms with Gasteiger partial charge in [0.05, 0.1) is 27.9 Å². The molecule has 0 bridgehead atoms. The first-order chi connectivity index (χ1) is 11.7. The number of benzene rings is 2. The fourth-order valence-corrected chi connectivity index (χ4v) is 2.10. The Hall–Kier alpha value is -2.89. The van der Waals surface area contributed by atoms with E-state index in [9.17, 15) is 4.79 Å². The van der Waals surface area contributed by atoms with E-state index in [1.165, 1.54) is 14.2 Å². The van der Waals surface area contributed by atoms with Crippen LogP contribution in [0.1, 0.15) is 10.4 Å². The summed E-state index contributed by atoms with van der Waals surface area (Å²) in [4.78, 5) is 12.2. The van der Waals surface area contributed by atoms with Crippen LogP contribution in [0.5, 0.6) is 23.0 Å². The summed E-state index contributed by atoms with van der Waals surface area (Å²) in [5.41, 5.74) is 0.462. The van der Waals surface area contributed by atoms with Gasteiger partial charge in [-0.2, -0.15) is 0 Å². The predicted octanol–water partition coefficient (Wildman–Crippen LogP) is 2.52. The molecule has 0 saturated heterocycles. The van der Waals surface area contributed by atoms with E-state index in [1.807, 2.05) is 24.3 Å². The lowest BCUT2D eigenvalue weighted by molar-refractivity contribution is 0.0946. The van der Waals surface area contributed by atoms with Crippen LogP contribution in [0.25, 0.3) is 0 Å². The van der Waals surface area contributed by atoms with Crippen LogP contribution in [0.3, 0.4) is 0 Å². The molecule has 2 rings (SSSR count). The molecule has 1 amide bonds. The summed E-state index contributed by atoms with van der Waals surface area (Å²) in [6.45, 7) is 0.684. The van der Waals surface area contributed by atoms with Gasteiger partial charge in [0.25, 0.3) is 5.91 Å². The molecule has 128 valence electrons. The lowest BCUT2D eigenvalue weighted by Gasteiger charge is -2.11. The molecule has 1 N–H and O–H groups in total. The number of carbonyl (C=O) groups is 1. The van der Waals surface area contributed by atoms with E-state index in [1.54, 1.807) is 25.3 Å². The second-order valence-electron chi connectivity index (χ2n) is 4.86. The number of carbonyl (C=O) groups excluding carboxylic acids is 1. The molecule has 2 aromatic carbocycles. The quantitative estimate of drug-likeness (QED) is 0.753. The fourth-order valence-electron chi connectivity index (χ4n) is 2.10. The lowest BCUT2D eigenvalue weighted by Crippen LogP contribution is -2.28. The first-order valence-electron chi connectivity index (χ1n) is 7.45. The second kappa shape index (κ2) is 8.67. The van der Waals surface area contributed by atoms with Crippen LogP contribution in [0.2, 0.25) is 0 Å². The van der Waals surface area contributed by atoms with Crippen molar-refractivity contribution in [1.82, 2.24) is 5.32 Å². The standard InChI is InChI=1S/C18H21NO5/c1-21-14-10-13(11-15(12-14)22-2)18(20)19-8-9-24-17-7-5-4-6-16(17)23-3/h4-7,10-12H,8-9H2,1-3H3,(H,19,20). The van der Waals surface area contributed by atoms with Crippen molar-refractivity contribution in [3.63, 3.8) is 0 Å². The number of nitrogens with one attached hydrogen (secondary N) is 1. The fraction of sp³-hybridized carbons (Fsp3) is 0.278. The zero-order valence-electron chi connectivity index (χ0n) is 14.0. The third-order valence-corrected chi connectivity index (χ3v) is 3.33. The van der Waals surface area contributed by atoms with Gasteiger partial charge >= 0.3 is 0 Å². The topological polar surface area (TPSA) is 66.0 Å². The Bertz CT molecular complexity index is 665. The van der Waals surface area contributed by atoms with E-state index < -0.39 is 0 Å². The number of methoxy groups -OCH3 is 3. The molecule has 0 radical (unpaired) electrons. The molecule has 0 aliphatic heterocycles. The van der Waals surface area contributed by atoms with E-state index in [2.05, 4.69) is 5.32 Å². The Morgan fingerprint density at radius 3 is 2.12 bits per heavy atom. The number of amides is 1. The average molecular weight is 331 g/mol. The Morgan fingerprint density at radius 2 is 1.54 bits per heavy atom. The minimum atomic E-state index is -0.226. The van der Waals surface area contributed by atoms with Crippen LogP contribution in [0, 0.1) is 0 Å². The van der Waals surface area contributed by atoms with Crippen LogP contribution >= 0.6 is 0 Å². The molecule has 0 unspecified atom stereocenters. The maximum Gasteiger partial charge on any atom is 0.251 e. The molecule has 0 aromatic heterocycles. The van der Waals surface area contributed by atoms with Crippen LogP contribution in [0.4, 0.5) is 0 Å². The van der Waals surface area contributed by atoms with Crippen LogP contribution in [-0.4, -0.2) is 40.4 Å². The van der Waals surface area contributed by atoms with E-state index in [4.69, 9.17) is 18.9 Å². The van der Waals surface area contributed by atoms with Gasteiger partial charge in [0.2, 0.25) is 0 Å². The first-order valence-corrected chi connectivity index (χ1v) is 7.45. The van der Waals surface area contributed by atoms with Gasteiger partial charge in [-0.15, -0.1) is 0 Å². The highest BCUT2D eigenvalue weighted by molar-refractivity contribution is 5.95. The highest BCUT2D eigenvalue weighted by Crippen LogP contribution is 2.25. The van der Waals surface area contributed by atoms with Gasteiger partial charge in [-0.1, -0.05) is 12.1 Å². The van der Waals surface area contributed by atoms with Crippen LogP contribution in [-0.2, 0) is 0 Å². The predicted molar refractivity (Wildman–Crippen MR) is 90.4 cm³/mol. The zero-order valence-corrected chi connectivity index (χ0v) is 14.0. The number of ether oxygens (including phenoxy) is 4. The van der Waals surface area contributed by atoms with E-state index in [0.29, 0.717) is 41.7 Å². The highest BCUT2D eigenvalue weighted by Gasteiger charge is 2.10. The van der Waals surface area contributed by atoms with Crippen LogP contribution in [0.15, 0.2) is 42.5 Å². The van der Waals surface area contributed by atoms with Gasteiger partial charge in [0, 0.05) is 11.6 Å². The maximum atomic E-state index is 12.2. The summed E-state index contributed by atoms with van der Waals surface area (Å²) in [6, 6.07) is 12.4. The van der Waals surface area contributed by atoms with Gasteiger partial charge < -0.3 is 24.3 Å². The monoisotopic (exact) mass is 331 g/mol. The van der Waals surface area contributed by atoms with Crippen molar-refractivity contribution >= 4 is 5.91 Å². The number of rotatable bonds is 8. The smallest absolute Gasteiger partial charge is 0.251 e. The molecule has 6 heteroatoms. The molecule has 6 nitrogen and oxygen atoms in total. The van der Waals surface area contributed by atoms with Crippen molar-refractivity contribution in [2.24, 2.45) is 0 Å². The second-order valence-corrected chi connectivity index (χ2v) is 4.86. The average Bonchev–Trinajstić information content (AvgIpc) is 2.64. The van der Waals surface area contributed by atoms with Gasteiger partial charge in [-0.3, -0.25) is 4.79 Å². The Morgan fingerprint density at radius 1 is 0.917 bits per heavy atom. The summed E-state index contributed by atoms with van der Waals surface area (Å²) >= 11 is 0. The van der Waals surface area contributed by atoms with Crippen molar-refractivity contribution < 1.29 is 23.7 Å². The molecule has 0 spiro atoms. The molecule has 0 aliphatic carbocycles. The van der Waals surface area contributed by atoms with E-state index >= 15 is 0 Å². The molecule has 2 aromatic rings. The minimum absolute atomic E-state index is 0.226. The third kappa shape index (κ3) is 4.55. The van der Waals surface area contributed by atoms with Crippen molar-refractivity contribution in [2.75, 3.05) is 34.5 Å². The molecule has 24 heavy (non-hydrogen) atoms. The molecule has 0 saturated carbocycles. The molecular weight excluding hydrogens is 310 g/mol. The van der Waals surface area contributed by atoms with Crippen molar-refractivity contribution in [2.45, 2.75) is 0 Å². The maximum absolute atomic E-state index is 12.2. The Balaban J connectivity index is 1.89. The molecule has 0 heterocycles. The number of hydrogen-bond donors (Lipinski definition) is 1. The van der Waals surface area contributed by atoms with E-state index in [0.717, 1.165) is 0 Å². The van der Waals surface area contributed by atoms with Gasteiger partial charge in [0.15, 0.2) is 11.5 Å². The third-order valence-electron chi connectivity index (χ3n) is 3.33. The Kier molecular flexibility index (Phi) is 6.31. The normalized spacial score (nSPS) is 9.96. The highest BCUT2D eigenvalue weighted by atomic mass is 16.5. The summed E-state index contributed by atoms with van der Waals surface area (Å²) in [5.74, 6) is 2.18. The van der Waals surface area contributed by atoms with Crippen molar-refractivity contribution in [1.29, 1.82) is 0 Å². The molecular formula is C18H21NO5. The summed E-state index contributed by atoms with van der Waals surface area (Å²) in [7, 11) is 4.66. The molecule has 0 fully saturated rings. The lowest BCUT2D eigenvalue weighted by atomic mass is 10.2. The van der Waals surface area contributed by atoms with Gasteiger partial charge in [-0.05, 0) is 24.3 Å². The SMILES string of the molecule is COc1cc(OC)cc(C(=O)NCCOc2ccccc2OC)c1. The largest absolute Gasteiger partial charge is 0.497 e. The van der Waals surface area contributed by atoms with Gasteiger partial charge in [0.1, 0.15) is 18.1 Å². The first kappa shape index (κ1) is 17.5. The minimum Gasteiger partial charge on any atom is -0.497 e. The summed E-state index contributed by atoms with van der Waals surface area (Å²) in [6.07, 6.45) is 0. The number of hydrogen-bond acceptors (Lipinski definition) is 5. The molecule has 0 atom stereocenters. The summed E-state index contributed by atoms with van der Waals surface area (Å²) in [5, 5.41) is 2.79.